The van der Waals surface area contributed by atoms with Crippen molar-refractivity contribution in [3.05, 3.63) is 42.0 Å². The third-order valence-electron chi connectivity index (χ3n) is 3.64. The number of benzene rings is 1. The summed E-state index contributed by atoms with van der Waals surface area (Å²) in [5, 5.41) is 9.15. The van der Waals surface area contributed by atoms with Gasteiger partial charge in [-0.1, -0.05) is 6.07 Å². The molecule has 0 amide bonds. The van der Waals surface area contributed by atoms with Crippen molar-refractivity contribution in [1.82, 2.24) is 9.88 Å². The lowest BCUT2D eigenvalue weighted by Gasteiger charge is -2.19. The molecule has 1 aromatic carbocycles. The molecule has 5 nitrogen and oxygen atoms in total. The number of hydrogen-bond donors (Lipinski definition) is 1. The molecule has 1 atom stereocenters. The monoisotopic (exact) mass is 290 g/mol. The molecule has 0 radical (unpaired) electrons. The Balaban J connectivity index is 1.75. The number of rotatable bonds is 4. The number of carboxylic acids is 1. The van der Waals surface area contributed by atoms with Crippen LogP contribution >= 0.6 is 0 Å². The Bertz CT molecular complexity index is 656. The largest absolute Gasteiger partial charge is 0.480 e. The number of oxazole rings is 1. The molecular weight excluding hydrogens is 275 g/mol. The van der Waals surface area contributed by atoms with Gasteiger partial charge in [0.25, 0.3) is 0 Å². The maximum atomic E-state index is 13.2. The number of halogens is 1. The minimum atomic E-state index is -0.804. The Morgan fingerprint density at radius 3 is 3.14 bits per heavy atom. The van der Waals surface area contributed by atoms with E-state index >= 15 is 0 Å². The Morgan fingerprint density at radius 1 is 1.52 bits per heavy atom. The summed E-state index contributed by atoms with van der Waals surface area (Å²) in [7, 11) is 0. The van der Waals surface area contributed by atoms with Gasteiger partial charge in [-0.05, 0) is 37.6 Å². The summed E-state index contributed by atoms with van der Waals surface area (Å²) in [6, 6.07) is 5.56. The number of likely N-dealkylation sites (tertiary alicyclic amines) is 1. The van der Waals surface area contributed by atoms with Crippen LogP contribution in [0.3, 0.4) is 0 Å². The highest BCUT2D eigenvalue weighted by atomic mass is 19.1. The lowest BCUT2D eigenvalue weighted by atomic mass is 10.2. The van der Waals surface area contributed by atoms with Gasteiger partial charge in [0.1, 0.15) is 18.1 Å². The van der Waals surface area contributed by atoms with E-state index in [0.717, 1.165) is 13.0 Å². The van der Waals surface area contributed by atoms with Crippen LogP contribution in [0.4, 0.5) is 4.39 Å². The number of aliphatic carboxylic acids is 1. The SMILES string of the molecule is O=C(O)[C@@H]1CCCN1Cc1coc(-c2cccc(F)c2)n1. The predicted molar refractivity (Wildman–Crippen MR) is 73.0 cm³/mol. The maximum Gasteiger partial charge on any atom is 0.320 e. The fourth-order valence-corrected chi connectivity index (χ4v) is 2.64. The second kappa shape index (κ2) is 5.65. The smallest absolute Gasteiger partial charge is 0.320 e. The molecule has 2 aromatic rings. The third kappa shape index (κ3) is 2.95. The minimum absolute atomic E-state index is 0.343. The normalized spacial score (nSPS) is 19.0. The summed E-state index contributed by atoms with van der Waals surface area (Å²) >= 11 is 0. The second-order valence-corrected chi connectivity index (χ2v) is 5.12. The molecule has 0 aliphatic carbocycles. The van der Waals surface area contributed by atoms with Crippen molar-refractivity contribution in [3.63, 3.8) is 0 Å². The van der Waals surface area contributed by atoms with E-state index in [1.54, 1.807) is 12.1 Å². The van der Waals surface area contributed by atoms with Gasteiger partial charge in [-0.3, -0.25) is 9.69 Å². The van der Waals surface area contributed by atoms with E-state index < -0.39 is 12.0 Å². The minimum Gasteiger partial charge on any atom is -0.480 e. The zero-order chi connectivity index (χ0) is 14.8. The number of hydrogen-bond acceptors (Lipinski definition) is 4. The first-order valence-electron chi connectivity index (χ1n) is 6.80. The van der Waals surface area contributed by atoms with Crippen molar-refractivity contribution in [3.8, 4) is 11.5 Å². The van der Waals surface area contributed by atoms with E-state index in [-0.39, 0.29) is 5.82 Å². The van der Waals surface area contributed by atoms with Crippen LogP contribution in [0.5, 0.6) is 0 Å². The van der Waals surface area contributed by atoms with Gasteiger partial charge >= 0.3 is 5.97 Å². The van der Waals surface area contributed by atoms with Crippen molar-refractivity contribution >= 4 is 5.97 Å². The van der Waals surface area contributed by atoms with Crippen molar-refractivity contribution < 1.29 is 18.7 Å². The van der Waals surface area contributed by atoms with Gasteiger partial charge in [0.15, 0.2) is 0 Å². The molecule has 0 bridgehead atoms. The van der Waals surface area contributed by atoms with Gasteiger partial charge < -0.3 is 9.52 Å². The molecule has 1 N–H and O–H groups in total. The molecule has 1 fully saturated rings. The molecular formula is C15H15FN2O3. The quantitative estimate of drug-likeness (QED) is 0.937. The van der Waals surface area contributed by atoms with E-state index in [1.165, 1.54) is 18.4 Å². The van der Waals surface area contributed by atoms with Crippen molar-refractivity contribution in [2.45, 2.75) is 25.4 Å². The molecule has 1 saturated heterocycles. The lowest BCUT2D eigenvalue weighted by molar-refractivity contribution is -0.142. The Hall–Kier alpha value is -2.21. The number of nitrogens with zero attached hydrogens (tertiary/aromatic N) is 2. The van der Waals surface area contributed by atoms with Crippen LogP contribution in [0.15, 0.2) is 34.9 Å². The Morgan fingerprint density at radius 2 is 2.38 bits per heavy atom. The fraction of sp³-hybridized carbons (Fsp3) is 0.333. The van der Waals surface area contributed by atoms with Gasteiger partial charge in [-0.25, -0.2) is 9.37 Å². The van der Waals surface area contributed by atoms with E-state index in [2.05, 4.69) is 4.98 Å². The van der Waals surface area contributed by atoms with Gasteiger partial charge in [-0.15, -0.1) is 0 Å². The molecule has 6 heteroatoms. The summed E-state index contributed by atoms with van der Waals surface area (Å²) < 4.78 is 18.5. The van der Waals surface area contributed by atoms with E-state index in [9.17, 15) is 9.18 Å². The highest BCUT2D eigenvalue weighted by molar-refractivity contribution is 5.73. The van der Waals surface area contributed by atoms with E-state index in [0.29, 0.717) is 30.1 Å². The van der Waals surface area contributed by atoms with Crippen LogP contribution in [-0.4, -0.2) is 33.5 Å². The molecule has 0 saturated carbocycles. The first kappa shape index (κ1) is 13.8. The van der Waals surface area contributed by atoms with Gasteiger partial charge in [-0.2, -0.15) is 0 Å². The average molecular weight is 290 g/mol. The number of aromatic nitrogens is 1. The molecule has 0 spiro atoms. The van der Waals surface area contributed by atoms with Crippen molar-refractivity contribution in [2.24, 2.45) is 0 Å². The zero-order valence-electron chi connectivity index (χ0n) is 11.3. The molecule has 21 heavy (non-hydrogen) atoms. The number of carboxylic acid groups (broad SMARTS) is 1. The average Bonchev–Trinajstić information content (AvgIpc) is 3.08. The molecule has 110 valence electrons. The summed E-state index contributed by atoms with van der Waals surface area (Å²) in [6.45, 7) is 1.16. The first-order chi connectivity index (χ1) is 10.1. The molecule has 1 aliphatic rings. The van der Waals surface area contributed by atoms with Crippen LogP contribution < -0.4 is 0 Å². The Kier molecular flexibility index (Phi) is 3.70. The first-order valence-corrected chi connectivity index (χ1v) is 6.80. The summed E-state index contributed by atoms with van der Waals surface area (Å²) in [4.78, 5) is 17.3. The fourth-order valence-electron chi connectivity index (χ4n) is 2.64. The van der Waals surface area contributed by atoms with Crippen LogP contribution in [0.25, 0.3) is 11.5 Å². The topological polar surface area (TPSA) is 66.6 Å². The highest BCUT2D eigenvalue weighted by Gasteiger charge is 2.30. The summed E-state index contributed by atoms with van der Waals surface area (Å²) in [6.07, 6.45) is 3.02. The number of carbonyl (C=O) groups is 1. The standard InChI is InChI=1S/C15H15FN2O3/c16-11-4-1-3-10(7-11)14-17-12(9-21-14)8-18-6-2-5-13(18)15(19)20/h1,3-4,7,9,13H,2,5-6,8H2,(H,19,20)/t13-/m0/s1. The van der Waals surface area contributed by atoms with E-state index in [4.69, 9.17) is 9.52 Å². The van der Waals surface area contributed by atoms with Crippen LogP contribution in [0.1, 0.15) is 18.5 Å². The van der Waals surface area contributed by atoms with Gasteiger partial charge in [0, 0.05) is 12.1 Å². The molecule has 1 aliphatic heterocycles. The Labute approximate surface area is 121 Å². The highest BCUT2D eigenvalue weighted by Crippen LogP contribution is 2.23. The van der Waals surface area contributed by atoms with E-state index in [1.807, 2.05) is 4.90 Å². The van der Waals surface area contributed by atoms with Crippen LogP contribution in [-0.2, 0) is 11.3 Å². The summed E-state index contributed by atoms with van der Waals surface area (Å²) in [5.41, 5.74) is 1.22. The van der Waals surface area contributed by atoms with Crippen LogP contribution in [0, 0.1) is 5.82 Å². The molecule has 3 rings (SSSR count). The molecule has 1 aromatic heterocycles. The van der Waals surface area contributed by atoms with Crippen molar-refractivity contribution in [2.75, 3.05) is 6.54 Å². The summed E-state index contributed by atoms with van der Waals surface area (Å²) in [5.74, 6) is -0.811. The second-order valence-electron chi connectivity index (χ2n) is 5.12. The van der Waals surface area contributed by atoms with Crippen LogP contribution in [0.2, 0.25) is 0 Å². The van der Waals surface area contributed by atoms with Gasteiger partial charge in [0.2, 0.25) is 5.89 Å². The molecule has 2 heterocycles. The third-order valence-corrected chi connectivity index (χ3v) is 3.64. The lowest BCUT2D eigenvalue weighted by Crippen LogP contribution is -2.35. The van der Waals surface area contributed by atoms with Crippen molar-refractivity contribution in [1.29, 1.82) is 0 Å². The predicted octanol–water partition coefficient (Wildman–Crippen LogP) is 2.53. The van der Waals surface area contributed by atoms with Gasteiger partial charge in [0.05, 0.1) is 5.69 Å². The zero-order valence-corrected chi connectivity index (χ0v) is 11.3. The maximum absolute atomic E-state index is 13.2. The molecule has 0 unspecified atom stereocenters.